The summed E-state index contributed by atoms with van der Waals surface area (Å²) in [6, 6.07) is 17.8. The van der Waals surface area contributed by atoms with Gasteiger partial charge in [-0.05, 0) is 66.2 Å². The number of rotatable bonds is 7. The maximum absolute atomic E-state index is 11.2. The lowest BCUT2D eigenvalue weighted by atomic mass is 10.1. The molecule has 172 valence electrons. The van der Waals surface area contributed by atoms with Crippen molar-refractivity contribution < 1.29 is 14.6 Å². The summed E-state index contributed by atoms with van der Waals surface area (Å²) in [5.41, 5.74) is 3.53. The van der Waals surface area contributed by atoms with E-state index in [9.17, 15) is 4.79 Å². The average molecular weight is 558 g/mol. The zero-order valence-electron chi connectivity index (χ0n) is 18.0. The molecule has 1 aromatic heterocycles. The summed E-state index contributed by atoms with van der Waals surface area (Å²) in [6.45, 7) is 0.493. The Labute approximate surface area is 215 Å². The van der Waals surface area contributed by atoms with Crippen molar-refractivity contribution in [2.75, 3.05) is 7.11 Å². The first-order valence-corrected chi connectivity index (χ1v) is 11.8. The lowest BCUT2D eigenvalue weighted by Crippen LogP contribution is -2.02. The Hall–Kier alpha value is -3.06. The van der Waals surface area contributed by atoms with Crippen LogP contribution in [0.25, 0.3) is 23.4 Å². The largest absolute Gasteiger partial charge is 0.496 e. The van der Waals surface area contributed by atoms with E-state index in [4.69, 9.17) is 38.0 Å². The van der Waals surface area contributed by atoms with Crippen molar-refractivity contribution in [2.24, 2.45) is 0 Å². The predicted octanol–water partition coefficient (Wildman–Crippen LogP) is 7.54. The van der Waals surface area contributed by atoms with Gasteiger partial charge in [0.05, 0.1) is 23.4 Å². The topological polar surface area (TPSA) is 64.4 Å². The Morgan fingerprint density at radius 2 is 1.85 bits per heavy atom. The first-order valence-electron chi connectivity index (χ1n) is 10.2. The van der Waals surface area contributed by atoms with Gasteiger partial charge < -0.3 is 14.4 Å². The van der Waals surface area contributed by atoms with Gasteiger partial charge in [-0.2, -0.15) is 0 Å². The quantitative estimate of drug-likeness (QED) is 0.255. The number of ether oxygens (including phenoxy) is 1. The van der Waals surface area contributed by atoms with Gasteiger partial charge in [0.1, 0.15) is 11.6 Å². The Morgan fingerprint density at radius 1 is 1.09 bits per heavy atom. The molecular formula is C26H19BrCl2N2O3. The van der Waals surface area contributed by atoms with Crippen LogP contribution in [-0.4, -0.2) is 27.7 Å². The van der Waals surface area contributed by atoms with Crippen molar-refractivity contribution in [2.45, 2.75) is 6.54 Å². The first-order chi connectivity index (χ1) is 16.3. The number of carboxylic acids is 1. The number of imidazole rings is 1. The summed E-state index contributed by atoms with van der Waals surface area (Å²) in [4.78, 5) is 16.0. The Bertz CT molecular complexity index is 1380. The number of aromatic carboxylic acids is 1. The Morgan fingerprint density at radius 3 is 2.53 bits per heavy atom. The molecule has 0 spiro atoms. The van der Waals surface area contributed by atoms with Gasteiger partial charge >= 0.3 is 5.97 Å². The fraction of sp³-hybridized carbons (Fsp3) is 0.0769. The molecule has 0 atom stereocenters. The number of hydrogen-bond acceptors (Lipinski definition) is 3. The highest BCUT2D eigenvalue weighted by Gasteiger charge is 2.13. The maximum Gasteiger partial charge on any atom is 0.335 e. The molecule has 1 N–H and O–H groups in total. The lowest BCUT2D eigenvalue weighted by molar-refractivity contribution is 0.0697. The number of carboxylic acid groups (broad SMARTS) is 1. The minimum absolute atomic E-state index is 0.241. The van der Waals surface area contributed by atoms with Crippen molar-refractivity contribution >= 4 is 57.3 Å². The second-order valence-electron chi connectivity index (χ2n) is 7.46. The molecule has 0 aliphatic rings. The third kappa shape index (κ3) is 5.53. The molecule has 4 rings (SSSR count). The molecule has 0 saturated heterocycles. The fourth-order valence-electron chi connectivity index (χ4n) is 3.47. The van der Waals surface area contributed by atoms with Gasteiger partial charge in [0.2, 0.25) is 0 Å². The van der Waals surface area contributed by atoms with Gasteiger partial charge in [-0.3, -0.25) is 0 Å². The molecule has 0 aliphatic carbocycles. The number of methoxy groups -OCH3 is 1. The van der Waals surface area contributed by atoms with Gasteiger partial charge in [0.15, 0.2) is 0 Å². The summed E-state index contributed by atoms with van der Waals surface area (Å²) >= 11 is 16.0. The van der Waals surface area contributed by atoms with Crippen LogP contribution < -0.4 is 4.74 Å². The van der Waals surface area contributed by atoms with Crippen LogP contribution in [0.3, 0.4) is 0 Å². The van der Waals surface area contributed by atoms with Crippen LogP contribution in [0.5, 0.6) is 5.75 Å². The molecule has 3 aromatic carbocycles. The number of benzene rings is 3. The predicted molar refractivity (Wildman–Crippen MR) is 140 cm³/mol. The second kappa shape index (κ2) is 10.5. The van der Waals surface area contributed by atoms with Crippen LogP contribution in [0.1, 0.15) is 27.3 Å². The SMILES string of the molecule is COc1ccc(Br)cc1/C=C/c1nc(-c2ccc(Cl)cc2Cl)cn1Cc1ccc(C(=O)O)cc1. The molecule has 0 saturated carbocycles. The van der Waals surface area contributed by atoms with Crippen LogP contribution in [0.2, 0.25) is 10.0 Å². The number of hydrogen-bond donors (Lipinski definition) is 1. The monoisotopic (exact) mass is 556 g/mol. The van der Waals surface area contributed by atoms with E-state index in [0.29, 0.717) is 28.1 Å². The molecule has 0 amide bonds. The summed E-state index contributed by atoms with van der Waals surface area (Å²) in [5, 5.41) is 10.2. The molecule has 0 bridgehead atoms. The van der Waals surface area contributed by atoms with Gasteiger partial charge in [0, 0.05) is 33.4 Å². The first kappa shape index (κ1) is 24.1. The number of nitrogens with zero attached hydrogens (tertiary/aromatic N) is 2. The van der Waals surface area contributed by atoms with E-state index in [1.807, 2.05) is 47.2 Å². The Balaban J connectivity index is 1.74. The van der Waals surface area contributed by atoms with Crippen LogP contribution >= 0.6 is 39.1 Å². The van der Waals surface area contributed by atoms with E-state index in [1.54, 1.807) is 43.5 Å². The zero-order valence-corrected chi connectivity index (χ0v) is 21.1. The molecule has 0 unspecified atom stereocenters. The van der Waals surface area contributed by atoms with Gasteiger partial charge in [-0.1, -0.05) is 51.3 Å². The molecule has 34 heavy (non-hydrogen) atoms. The highest BCUT2D eigenvalue weighted by Crippen LogP contribution is 2.31. The summed E-state index contributed by atoms with van der Waals surface area (Å²) < 4.78 is 8.39. The summed E-state index contributed by atoms with van der Waals surface area (Å²) in [7, 11) is 1.63. The molecule has 1 heterocycles. The van der Waals surface area contributed by atoms with Gasteiger partial charge in [-0.25, -0.2) is 9.78 Å². The highest BCUT2D eigenvalue weighted by atomic mass is 79.9. The van der Waals surface area contributed by atoms with Crippen molar-refractivity contribution in [1.82, 2.24) is 9.55 Å². The van der Waals surface area contributed by atoms with Crippen molar-refractivity contribution in [3.05, 3.63) is 104 Å². The van der Waals surface area contributed by atoms with Gasteiger partial charge in [-0.15, -0.1) is 0 Å². The Kier molecular flexibility index (Phi) is 7.41. The average Bonchev–Trinajstić information content (AvgIpc) is 3.20. The van der Waals surface area contributed by atoms with E-state index in [1.165, 1.54) is 0 Å². The molecule has 4 aromatic rings. The van der Waals surface area contributed by atoms with E-state index in [2.05, 4.69) is 15.9 Å². The second-order valence-corrected chi connectivity index (χ2v) is 9.22. The third-order valence-electron chi connectivity index (χ3n) is 5.17. The van der Waals surface area contributed by atoms with Crippen LogP contribution in [-0.2, 0) is 6.54 Å². The normalized spacial score (nSPS) is 11.2. The molecule has 0 radical (unpaired) electrons. The van der Waals surface area contributed by atoms with E-state index < -0.39 is 5.97 Å². The molecule has 0 fully saturated rings. The number of aromatic nitrogens is 2. The van der Waals surface area contributed by atoms with Crippen LogP contribution in [0.15, 0.2) is 71.3 Å². The van der Waals surface area contributed by atoms with Crippen LogP contribution in [0.4, 0.5) is 0 Å². The standard InChI is InChI=1S/C26H19BrCl2N2O3/c1-34-24-10-7-19(27)12-18(24)6-11-25-30-23(21-9-8-20(28)13-22(21)29)15-31(25)14-16-2-4-17(5-3-16)26(32)33/h2-13,15H,14H2,1H3,(H,32,33)/b11-6+. The van der Waals surface area contributed by atoms with Crippen molar-refractivity contribution in [3.8, 4) is 17.0 Å². The zero-order chi connectivity index (χ0) is 24.2. The minimum Gasteiger partial charge on any atom is -0.496 e. The van der Waals surface area contributed by atoms with E-state index in [-0.39, 0.29) is 5.56 Å². The van der Waals surface area contributed by atoms with Crippen LogP contribution in [0, 0.1) is 0 Å². The molecule has 0 aliphatic heterocycles. The van der Waals surface area contributed by atoms with Crippen molar-refractivity contribution in [3.63, 3.8) is 0 Å². The van der Waals surface area contributed by atoms with Gasteiger partial charge in [0.25, 0.3) is 0 Å². The highest BCUT2D eigenvalue weighted by molar-refractivity contribution is 9.10. The molecular weight excluding hydrogens is 539 g/mol. The smallest absolute Gasteiger partial charge is 0.335 e. The molecule has 8 heteroatoms. The lowest BCUT2D eigenvalue weighted by Gasteiger charge is -2.07. The number of carbonyl (C=O) groups is 1. The van der Waals surface area contributed by atoms with E-state index in [0.717, 1.165) is 26.9 Å². The maximum atomic E-state index is 11.2. The minimum atomic E-state index is -0.958. The third-order valence-corrected chi connectivity index (χ3v) is 6.21. The number of halogens is 3. The summed E-state index contributed by atoms with van der Waals surface area (Å²) in [5.74, 6) is 0.480. The molecule has 5 nitrogen and oxygen atoms in total. The van der Waals surface area contributed by atoms with Crippen molar-refractivity contribution in [1.29, 1.82) is 0 Å². The fourth-order valence-corrected chi connectivity index (χ4v) is 4.35. The summed E-state index contributed by atoms with van der Waals surface area (Å²) in [6.07, 6.45) is 5.75. The van der Waals surface area contributed by atoms with E-state index >= 15 is 0 Å².